The number of aromatic amines is 1. The van der Waals surface area contributed by atoms with Crippen molar-refractivity contribution in [3.05, 3.63) is 93.9 Å². The average Bonchev–Trinajstić information content (AvgIpc) is 2.72. The molecule has 0 aliphatic rings. The van der Waals surface area contributed by atoms with Crippen LogP contribution in [-0.2, 0) is 0 Å². The van der Waals surface area contributed by atoms with Crippen LogP contribution in [0.5, 0.6) is 0 Å². The van der Waals surface area contributed by atoms with Crippen molar-refractivity contribution < 1.29 is 4.79 Å². The molecule has 3 aromatic carbocycles. The van der Waals surface area contributed by atoms with Crippen LogP contribution in [0.25, 0.3) is 10.8 Å². The van der Waals surface area contributed by atoms with E-state index in [1.165, 1.54) is 16.0 Å². The molecule has 0 saturated carbocycles. The van der Waals surface area contributed by atoms with E-state index in [2.05, 4.69) is 47.6 Å². The molecule has 6 heteroatoms. The molecule has 1 aromatic heterocycles. The van der Waals surface area contributed by atoms with E-state index >= 15 is 0 Å². The minimum atomic E-state index is -0.369. The topological polar surface area (TPSA) is 74.8 Å². The molecule has 1 amide bonds. The molecule has 0 unspecified atom stereocenters. The summed E-state index contributed by atoms with van der Waals surface area (Å²) in [5.41, 5.74) is 3.07. The molecular formula is C23H19N3O2S. The molecule has 0 saturated heterocycles. The van der Waals surface area contributed by atoms with Crippen molar-refractivity contribution in [2.45, 2.75) is 23.6 Å². The van der Waals surface area contributed by atoms with Crippen LogP contribution in [0.4, 0.5) is 5.69 Å². The summed E-state index contributed by atoms with van der Waals surface area (Å²) in [6, 6.07) is 21.0. The summed E-state index contributed by atoms with van der Waals surface area (Å²) in [7, 11) is 0. The molecule has 5 nitrogen and oxygen atoms in total. The zero-order valence-corrected chi connectivity index (χ0v) is 16.8. The van der Waals surface area contributed by atoms with Crippen molar-refractivity contribution in [3.63, 3.8) is 0 Å². The molecule has 4 rings (SSSR count). The zero-order chi connectivity index (χ0) is 20.4. The minimum absolute atomic E-state index is 0.189. The van der Waals surface area contributed by atoms with Gasteiger partial charge in [0.15, 0.2) is 5.69 Å². The highest BCUT2D eigenvalue weighted by Gasteiger charge is 2.14. The maximum absolute atomic E-state index is 12.7. The van der Waals surface area contributed by atoms with Gasteiger partial charge in [-0.15, -0.1) is 0 Å². The average molecular weight is 401 g/mol. The van der Waals surface area contributed by atoms with Gasteiger partial charge in [-0.3, -0.25) is 9.59 Å². The van der Waals surface area contributed by atoms with Crippen LogP contribution >= 0.6 is 11.8 Å². The third-order valence-corrected chi connectivity index (χ3v) is 5.73. The van der Waals surface area contributed by atoms with Crippen molar-refractivity contribution in [2.75, 3.05) is 5.32 Å². The smallest absolute Gasteiger partial charge is 0.276 e. The predicted molar refractivity (Wildman–Crippen MR) is 117 cm³/mol. The number of anilines is 1. The Morgan fingerprint density at radius 2 is 1.59 bits per heavy atom. The van der Waals surface area contributed by atoms with Crippen LogP contribution in [0.3, 0.4) is 0 Å². The van der Waals surface area contributed by atoms with Crippen LogP contribution in [-0.4, -0.2) is 16.1 Å². The van der Waals surface area contributed by atoms with E-state index in [9.17, 15) is 9.59 Å². The first kappa shape index (κ1) is 19.0. The van der Waals surface area contributed by atoms with Crippen LogP contribution in [0.15, 0.2) is 81.3 Å². The Morgan fingerprint density at radius 1 is 0.897 bits per heavy atom. The van der Waals surface area contributed by atoms with Crippen LogP contribution in [0, 0.1) is 13.8 Å². The minimum Gasteiger partial charge on any atom is -0.321 e. The number of H-pyrrole nitrogens is 1. The van der Waals surface area contributed by atoms with Gasteiger partial charge in [-0.1, -0.05) is 36.0 Å². The number of amides is 1. The molecular weight excluding hydrogens is 382 g/mol. The fourth-order valence-electron chi connectivity index (χ4n) is 3.00. The van der Waals surface area contributed by atoms with Crippen molar-refractivity contribution in [2.24, 2.45) is 0 Å². The largest absolute Gasteiger partial charge is 0.321 e. The lowest BCUT2D eigenvalue weighted by Gasteiger charge is -2.08. The van der Waals surface area contributed by atoms with E-state index in [-0.39, 0.29) is 17.2 Å². The third kappa shape index (κ3) is 4.07. The van der Waals surface area contributed by atoms with Crippen LogP contribution < -0.4 is 10.9 Å². The van der Waals surface area contributed by atoms with Crippen molar-refractivity contribution >= 4 is 34.1 Å². The number of nitrogens with one attached hydrogen (secondary N) is 2. The molecule has 0 spiro atoms. The lowest BCUT2D eigenvalue weighted by Crippen LogP contribution is -2.19. The molecule has 144 valence electrons. The second-order valence-electron chi connectivity index (χ2n) is 6.77. The van der Waals surface area contributed by atoms with Gasteiger partial charge < -0.3 is 5.32 Å². The number of carbonyl (C=O) groups is 1. The number of benzene rings is 3. The van der Waals surface area contributed by atoms with Gasteiger partial charge in [0.25, 0.3) is 11.5 Å². The molecule has 0 radical (unpaired) electrons. The van der Waals surface area contributed by atoms with Crippen molar-refractivity contribution in [1.29, 1.82) is 0 Å². The normalized spacial score (nSPS) is 10.8. The third-order valence-electron chi connectivity index (χ3n) is 4.74. The highest BCUT2D eigenvalue weighted by molar-refractivity contribution is 7.99. The van der Waals surface area contributed by atoms with E-state index in [0.29, 0.717) is 16.5 Å². The number of aromatic nitrogens is 2. The molecule has 0 fully saturated rings. The molecule has 0 atom stereocenters. The van der Waals surface area contributed by atoms with Crippen LogP contribution in [0.2, 0.25) is 0 Å². The van der Waals surface area contributed by atoms with Gasteiger partial charge in [-0.25, -0.2) is 5.10 Å². The summed E-state index contributed by atoms with van der Waals surface area (Å²) >= 11 is 1.67. The Kier molecular flexibility index (Phi) is 5.18. The number of aryl methyl sites for hydroxylation is 2. The second kappa shape index (κ2) is 7.93. The summed E-state index contributed by atoms with van der Waals surface area (Å²) in [6.07, 6.45) is 0. The van der Waals surface area contributed by atoms with Crippen LogP contribution in [0.1, 0.15) is 21.6 Å². The van der Waals surface area contributed by atoms with Gasteiger partial charge in [0, 0.05) is 20.9 Å². The van der Waals surface area contributed by atoms with Crippen molar-refractivity contribution in [3.8, 4) is 0 Å². The number of rotatable bonds is 4. The number of fused-ring (bicyclic) bond motifs is 1. The van der Waals surface area contributed by atoms with Gasteiger partial charge in [-0.05, 0) is 67.4 Å². The van der Waals surface area contributed by atoms with E-state index in [0.717, 1.165) is 4.90 Å². The Balaban J connectivity index is 1.52. The maximum Gasteiger partial charge on any atom is 0.276 e. The number of hydrogen-bond donors (Lipinski definition) is 2. The lowest BCUT2D eigenvalue weighted by atomic mass is 10.1. The standard InChI is InChI=1S/C23H19N3O2S/c1-14-7-10-18(13-15(14)2)29-17-11-8-16(9-12-17)24-23(28)21-19-5-3-4-6-20(19)22(27)26-25-21/h3-13H,1-2H3,(H,24,28)(H,26,27). The molecule has 0 aliphatic carbocycles. The van der Waals surface area contributed by atoms with E-state index in [1.54, 1.807) is 36.0 Å². The summed E-state index contributed by atoms with van der Waals surface area (Å²) in [6.45, 7) is 4.20. The SMILES string of the molecule is Cc1ccc(Sc2ccc(NC(=O)c3n[nH]c(=O)c4ccccc34)cc2)cc1C. The first-order valence-electron chi connectivity index (χ1n) is 9.15. The molecule has 0 bridgehead atoms. The second-order valence-corrected chi connectivity index (χ2v) is 7.92. The van der Waals surface area contributed by atoms with Gasteiger partial charge in [0.05, 0.1) is 5.39 Å². The summed E-state index contributed by atoms with van der Waals surface area (Å²) in [5.74, 6) is -0.369. The quantitative estimate of drug-likeness (QED) is 0.508. The lowest BCUT2D eigenvalue weighted by molar-refractivity contribution is 0.102. The highest BCUT2D eigenvalue weighted by atomic mass is 32.2. The summed E-state index contributed by atoms with van der Waals surface area (Å²) in [5, 5.41) is 10.1. The molecule has 0 aliphatic heterocycles. The Labute approximate surface area is 172 Å². The van der Waals surface area contributed by atoms with E-state index < -0.39 is 0 Å². The fourth-order valence-corrected chi connectivity index (χ4v) is 3.91. The maximum atomic E-state index is 12.7. The zero-order valence-electron chi connectivity index (χ0n) is 16.0. The van der Waals surface area contributed by atoms with E-state index in [4.69, 9.17) is 0 Å². The molecule has 1 heterocycles. The fraction of sp³-hybridized carbons (Fsp3) is 0.0870. The summed E-state index contributed by atoms with van der Waals surface area (Å²) in [4.78, 5) is 26.8. The first-order valence-corrected chi connectivity index (χ1v) is 9.97. The van der Waals surface area contributed by atoms with Gasteiger partial charge in [-0.2, -0.15) is 5.10 Å². The summed E-state index contributed by atoms with van der Waals surface area (Å²) < 4.78 is 0. The van der Waals surface area contributed by atoms with Gasteiger partial charge in [0.2, 0.25) is 0 Å². The van der Waals surface area contributed by atoms with Crippen molar-refractivity contribution in [1.82, 2.24) is 10.2 Å². The Bertz CT molecular complexity index is 1260. The Hall–Kier alpha value is -3.38. The van der Waals surface area contributed by atoms with E-state index in [1.807, 2.05) is 24.3 Å². The first-order chi connectivity index (χ1) is 14.0. The number of hydrogen-bond acceptors (Lipinski definition) is 4. The number of nitrogens with zero attached hydrogens (tertiary/aromatic N) is 1. The molecule has 2 N–H and O–H groups in total. The molecule has 29 heavy (non-hydrogen) atoms. The van der Waals surface area contributed by atoms with Gasteiger partial charge >= 0.3 is 0 Å². The molecule has 4 aromatic rings. The predicted octanol–water partition coefficient (Wildman–Crippen LogP) is 4.94. The highest BCUT2D eigenvalue weighted by Crippen LogP contribution is 2.30. The number of carbonyl (C=O) groups excluding carboxylic acids is 1. The van der Waals surface area contributed by atoms with Gasteiger partial charge in [0.1, 0.15) is 0 Å². The Morgan fingerprint density at radius 3 is 2.31 bits per heavy atom. The monoisotopic (exact) mass is 401 g/mol.